The van der Waals surface area contributed by atoms with Crippen LogP contribution in [0.5, 0.6) is 5.75 Å². The zero-order valence-corrected chi connectivity index (χ0v) is 20.9. The zero-order valence-electron chi connectivity index (χ0n) is 20.0. The van der Waals surface area contributed by atoms with Gasteiger partial charge in [0.05, 0.1) is 5.69 Å². The van der Waals surface area contributed by atoms with Crippen molar-refractivity contribution in [2.24, 2.45) is 4.99 Å². The first-order valence-electron chi connectivity index (χ1n) is 11.6. The van der Waals surface area contributed by atoms with Gasteiger partial charge < -0.3 is 19.8 Å². The van der Waals surface area contributed by atoms with Gasteiger partial charge in [-0.25, -0.2) is 19.0 Å². The topological polar surface area (TPSA) is 103 Å². The van der Waals surface area contributed by atoms with E-state index >= 15 is 0 Å². The fourth-order valence-electron chi connectivity index (χ4n) is 3.85. The molecule has 4 rings (SSSR count). The second-order valence-corrected chi connectivity index (χ2v) is 9.25. The Balaban J connectivity index is 0.000000392. The van der Waals surface area contributed by atoms with E-state index in [0.717, 1.165) is 54.8 Å². The standard InChI is InChI=1S/C22H26FN3OS.C4H4O4/c1-25(22-24-21-5-3-2-4-17(21)16-28-22)19-10-12-26(13-11-19)14-15-27-20-8-6-18(23)7-9-20;5-3(6)1-2-4(7)8/h2-9,19H,10-16H2,1H3;1-2H,(H,5,6)(H,7,8)/b;2-1-. The molecule has 0 bridgehead atoms. The third kappa shape index (κ3) is 8.69. The van der Waals surface area contributed by atoms with E-state index in [9.17, 15) is 14.0 Å². The van der Waals surface area contributed by atoms with Gasteiger partial charge >= 0.3 is 11.9 Å². The smallest absolute Gasteiger partial charge is 0.328 e. The molecule has 0 amide bonds. The van der Waals surface area contributed by atoms with E-state index in [4.69, 9.17) is 19.9 Å². The molecule has 0 unspecified atom stereocenters. The highest BCUT2D eigenvalue weighted by Crippen LogP contribution is 2.32. The number of hydrogen-bond acceptors (Lipinski definition) is 7. The predicted octanol–water partition coefficient (Wildman–Crippen LogP) is 4.25. The Kier molecular flexibility index (Phi) is 10.3. The van der Waals surface area contributed by atoms with E-state index in [0.29, 0.717) is 24.8 Å². The number of nitrogens with zero attached hydrogens (tertiary/aromatic N) is 3. The van der Waals surface area contributed by atoms with E-state index in [1.54, 1.807) is 12.1 Å². The number of carboxylic acids is 2. The third-order valence-electron chi connectivity index (χ3n) is 5.83. The predicted molar refractivity (Wildman–Crippen MR) is 138 cm³/mol. The first-order chi connectivity index (χ1) is 17.3. The lowest BCUT2D eigenvalue weighted by Crippen LogP contribution is -2.46. The summed E-state index contributed by atoms with van der Waals surface area (Å²) in [5, 5.41) is 16.8. The van der Waals surface area contributed by atoms with Crippen molar-refractivity contribution in [2.45, 2.75) is 24.6 Å². The van der Waals surface area contributed by atoms with E-state index in [2.05, 4.69) is 41.1 Å². The lowest BCUT2D eigenvalue weighted by atomic mass is 10.0. The van der Waals surface area contributed by atoms with Crippen molar-refractivity contribution in [3.8, 4) is 5.75 Å². The quantitative estimate of drug-likeness (QED) is 0.528. The Morgan fingerprint density at radius 3 is 2.39 bits per heavy atom. The fourth-order valence-corrected chi connectivity index (χ4v) is 4.90. The Bertz CT molecular complexity index is 1070. The van der Waals surface area contributed by atoms with Crippen molar-refractivity contribution >= 4 is 34.6 Å². The number of thioether (sulfide) groups is 1. The van der Waals surface area contributed by atoms with Gasteiger partial charge in [0, 0.05) is 50.6 Å². The van der Waals surface area contributed by atoms with Crippen molar-refractivity contribution < 1.29 is 28.9 Å². The Hall–Kier alpha value is -3.37. The average Bonchev–Trinajstić information content (AvgIpc) is 2.89. The normalized spacial score (nSPS) is 15.9. The zero-order chi connectivity index (χ0) is 25.9. The van der Waals surface area contributed by atoms with Gasteiger partial charge in [0.1, 0.15) is 18.2 Å². The molecule has 2 heterocycles. The Labute approximate surface area is 214 Å². The molecule has 2 aromatic carbocycles. The highest BCUT2D eigenvalue weighted by atomic mass is 32.2. The summed E-state index contributed by atoms with van der Waals surface area (Å²) >= 11 is 1.84. The van der Waals surface area contributed by atoms with Crippen molar-refractivity contribution in [2.75, 3.05) is 33.3 Å². The van der Waals surface area contributed by atoms with Crippen LogP contribution in [0.2, 0.25) is 0 Å². The van der Waals surface area contributed by atoms with Crippen LogP contribution in [0, 0.1) is 5.82 Å². The molecule has 2 aliphatic heterocycles. The maximum atomic E-state index is 12.9. The minimum atomic E-state index is -1.26. The molecule has 192 valence electrons. The number of likely N-dealkylation sites (tertiary alicyclic amines) is 1. The van der Waals surface area contributed by atoms with Crippen LogP contribution >= 0.6 is 11.8 Å². The molecular weight excluding hydrogens is 485 g/mol. The molecule has 2 aromatic rings. The molecule has 8 nitrogen and oxygen atoms in total. The summed E-state index contributed by atoms with van der Waals surface area (Å²) in [5.74, 6) is -1.02. The number of carbonyl (C=O) groups is 2. The van der Waals surface area contributed by atoms with Crippen LogP contribution in [-0.4, -0.2) is 76.4 Å². The lowest BCUT2D eigenvalue weighted by Gasteiger charge is -2.38. The highest BCUT2D eigenvalue weighted by molar-refractivity contribution is 8.13. The van der Waals surface area contributed by atoms with E-state index < -0.39 is 11.9 Å². The monoisotopic (exact) mass is 515 g/mol. The molecule has 0 radical (unpaired) electrons. The summed E-state index contributed by atoms with van der Waals surface area (Å²) < 4.78 is 18.7. The Morgan fingerprint density at radius 2 is 1.75 bits per heavy atom. The van der Waals surface area contributed by atoms with E-state index in [-0.39, 0.29) is 5.82 Å². The second kappa shape index (κ2) is 13.6. The molecule has 0 atom stereocenters. The number of aliphatic carboxylic acids is 2. The number of halogens is 1. The van der Waals surface area contributed by atoms with Crippen molar-refractivity contribution in [1.82, 2.24) is 9.80 Å². The minimum absolute atomic E-state index is 0.234. The third-order valence-corrected chi connectivity index (χ3v) is 6.92. The number of para-hydroxylation sites is 1. The number of hydrogen-bond donors (Lipinski definition) is 2. The van der Waals surface area contributed by atoms with Crippen LogP contribution in [0.15, 0.2) is 65.7 Å². The molecule has 0 aliphatic carbocycles. The molecule has 0 aromatic heterocycles. The number of piperidine rings is 1. The van der Waals surface area contributed by atoms with Gasteiger partial charge in [-0.15, -0.1) is 0 Å². The van der Waals surface area contributed by atoms with Gasteiger partial charge in [-0.05, 0) is 48.7 Å². The summed E-state index contributed by atoms with van der Waals surface area (Å²) in [6, 6.07) is 15.2. The maximum Gasteiger partial charge on any atom is 0.328 e. The van der Waals surface area contributed by atoms with Gasteiger partial charge in [0.2, 0.25) is 0 Å². The number of ether oxygens (including phenoxy) is 1. The SMILES string of the molecule is CN(C1=Nc2ccccc2CS1)C1CCN(CCOc2ccc(F)cc2)CC1.O=C(O)/C=C\C(=O)O. The number of fused-ring (bicyclic) bond motifs is 1. The Morgan fingerprint density at radius 1 is 1.11 bits per heavy atom. The number of carboxylic acid groups (broad SMARTS) is 2. The van der Waals surface area contributed by atoms with E-state index in [1.807, 2.05) is 11.8 Å². The number of rotatable bonds is 7. The fraction of sp³-hybridized carbons (Fsp3) is 0.346. The van der Waals surface area contributed by atoms with Crippen LogP contribution in [-0.2, 0) is 15.3 Å². The van der Waals surface area contributed by atoms with Crippen LogP contribution < -0.4 is 4.74 Å². The van der Waals surface area contributed by atoms with Gasteiger partial charge in [-0.3, -0.25) is 4.90 Å². The molecule has 10 heteroatoms. The summed E-state index contributed by atoms with van der Waals surface area (Å²) in [6.07, 6.45) is 3.38. The van der Waals surface area contributed by atoms with Crippen molar-refractivity contribution in [1.29, 1.82) is 0 Å². The van der Waals surface area contributed by atoms with Crippen LogP contribution in [0.1, 0.15) is 18.4 Å². The van der Waals surface area contributed by atoms with Crippen molar-refractivity contribution in [3.63, 3.8) is 0 Å². The molecule has 1 saturated heterocycles. The first kappa shape index (κ1) is 27.2. The summed E-state index contributed by atoms with van der Waals surface area (Å²) in [5.41, 5.74) is 2.43. The van der Waals surface area contributed by atoms with Crippen LogP contribution in [0.3, 0.4) is 0 Å². The van der Waals surface area contributed by atoms with Gasteiger partial charge in [0.15, 0.2) is 5.17 Å². The highest BCUT2D eigenvalue weighted by Gasteiger charge is 2.26. The van der Waals surface area contributed by atoms with Crippen LogP contribution in [0.25, 0.3) is 0 Å². The molecular formula is C26H30FN3O5S. The number of aliphatic imine (C=N–C) groups is 1. The maximum absolute atomic E-state index is 12.9. The van der Waals surface area contributed by atoms with E-state index in [1.165, 1.54) is 17.7 Å². The van der Waals surface area contributed by atoms with Crippen LogP contribution in [0.4, 0.5) is 10.1 Å². The van der Waals surface area contributed by atoms with Gasteiger partial charge in [0.25, 0.3) is 0 Å². The summed E-state index contributed by atoms with van der Waals surface area (Å²) in [7, 11) is 2.18. The van der Waals surface area contributed by atoms with Crippen molar-refractivity contribution in [3.05, 3.63) is 72.1 Å². The minimum Gasteiger partial charge on any atom is -0.492 e. The molecule has 0 saturated carbocycles. The first-order valence-corrected chi connectivity index (χ1v) is 12.6. The largest absolute Gasteiger partial charge is 0.492 e. The molecule has 1 fully saturated rings. The summed E-state index contributed by atoms with van der Waals surface area (Å²) in [6.45, 7) is 3.66. The lowest BCUT2D eigenvalue weighted by molar-refractivity contribution is -0.134. The molecule has 0 spiro atoms. The number of amidine groups is 1. The van der Waals surface area contributed by atoms with Gasteiger partial charge in [-0.1, -0.05) is 30.0 Å². The molecule has 36 heavy (non-hydrogen) atoms. The second-order valence-electron chi connectivity index (χ2n) is 8.31. The average molecular weight is 516 g/mol. The summed E-state index contributed by atoms with van der Waals surface area (Å²) in [4.78, 5) is 28.8. The van der Waals surface area contributed by atoms with Gasteiger partial charge in [-0.2, -0.15) is 0 Å². The molecule has 2 aliphatic rings. The molecule has 2 N–H and O–H groups in total. The number of benzene rings is 2.